The SMILES string of the molecule is CC(C)(C)c1ccc(C#Cc2ccc(Cl)cc2)cc1. The van der Waals surface area contributed by atoms with Crippen LogP contribution in [0.4, 0.5) is 0 Å². The summed E-state index contributed by atoms with van der Waals surface area (Å²) in [5.74, 6) is 6.30. The van der Waals surface area contributed by atoms with Crippen molar-refractivity contribution in [1.29, 1.82) is 0 Å². The predicted molar refractivity (Wildman–Crippen MR) is 82.6 cm³/mol. The van der Waals surface area contributed by atoms with Crippen LogP contribution in [-0.2, 0) is 5.41 Å². The van der Waals surface area contributed by atoms with Crippen molar-refractivity contribution in [3.05, 3.63) is 70.2 Å². The van der Waals surface area contributed by atoms with Gasteiger partial charge in [-0.15, -0.1) is 0 Å². The number of hydrogen-bond acceptors (Lipinski definition) is 0. The first kappa shape index (κ1) is 13.7. The summed E-state index contributed by atoms with van der Waals surface area (Å²) in [5.41, 5.74) is 3.51. The van der Waals surface area contributed by atoms with Gasteiger partial charge < -0.3 is 0 Å². The van der Waals surface area contributed by atoms with Crippen LogP contribution in [0.2, 0.25) is 5.02 Å². The molecule has 0 saturated heterocycles. The van der Waals surface area contributed by atoms with Crippen LogP contribution in [0.15, 0.2) is 48.5 Å². The Bertz CT molecular complexity index is 602. The lowest BCUT2D eigenvalue weighted by Gasteiger charge is -2.18. The zero-order chi connectivity index (χ0) is 13.9. The number of rotatable bonds is 0. The van der Waals surface area contributed by atoms with Gasteiger partial charge in [-0.25, -0.2) is 0 Å². The average molecular weight is 269 g/mol. The van der Waals surface area contributed by atoms with Crippen molar-refractivity contribution in [3.8, 4) is 11.8 Å². The lowest BCUT2D eigenvalue weighted by molar-refractivity contribution is 0.590. The Kier molecular flexibility index (Phi) is 3.98. The van der Waals surface area contributed by atoms with Crippen molar-refractivity contribution in [2.75, 3.05) is 0 Å². The first-order valence-electron chi connectivity index (χ1n) is 6.33. The number of hydrogen-bond donors (Lipinski definition) is 0. The molecule has 0 spiro atoms. The molecular weight excluding hydrogens is 252 g/mol. The van der Waals surface area contributed by atoms with Crippen LogP contribution in [-0.4, -0.2) is 0 Å². The fourth-order valence-corrected chi connectivity index (χ4v) is 1.86. The van der Waals surface area contributed by atoms with E-state index in [1.165, 1.54) is 5.56 Å². The van der Waals surface area contributed by atoms with Crippen LogP contribution in [0.3, 0.4) is 0 Å². The second-order valence-corrected chi connectivity index (χ2v) is 6.02. The van der Waals surface area contributed by atoms with E-state index in [0.29, 0.717) is 0 Å². The highest BCUT2D eigenvalue weighted by atomic mass is 35.5. The van der Waals surface area contributed by atoms with Gasteiger partial charge in [0.05, 0.1) is 0 Å². The third kappa shape index (κ3) is 3.88. The Morgan fingerprint density at radius 2 is 1.16 bits per heavy atom. The van der Waals surface area contributed by atoms with Gasteiger partial charge in [0.25, 0.3) is 0 Å². The van der Waals surface area contributed by atoms with E-state index < -0.39 is 0 Å². The lowest BCUT2D eigenvalue weighted by Crippen LogP contribution is -2.10. The van der Waals surface area contributed by atoms with Crippen molar-refractivity contribution in [3.63, 3.8) is 0 Å². The Hall–Kier alpha value is -1.71. The molecule has 0 unspecified atom stereocenters. The van der Waals surface area contributed by atoms with Crippen LogP contribution in [0.5, 0.6) is 0 Å². The normalized spacial score (nSPS) is 10.7. The van der Waals surface area contributed by atoms with Gasteiger partial charge in [-0.05, 0) is 47.4 Å². The molecule has 0 amide bonds. The van der Waals surface area contributed by atoms with E-state index >= 15 is 0 Å². The maximum absolute atomic E-state index is 5.84. The summed E-state index contributed by atoms with van der Waals surface area (Å²) in [6.45, 7) is 6.63. The summed E-state index contributed by atoms with van der Waals surface area (Å²) < 4.78 is 0. The van der Waals surface area contributed by atoms with Crippen LogP contribution < -0.4 is 0 Å². The smallest absolute Gasteiger partial charge is 0.0406 e. The highest BCUT2D eigenvalue weighted by Gasteiger charge is 2.12. The Morgan fingerprint density at radius 3 is 1.58 bits per heavy atom. The molecule has 0 fully saturated rings. The second-order valence-electron chi connectivity index (χ2n) is 5.58. The van der Waals surface area contributed by atoms with Gasteiger partial charge in [-0.3, -0.25) is 0 Å². The summed E-state index contributed by atoms with van der Waals surface area (Å²) in [5, 5.41) is 0.736. The molecule has 19 heavy (non-hydrogen) atoms. The van der Waals surface area contributed by atoms with Crippen LogP contribution >= 0.6 is 11.6 Å². The van der Waals surface area contributed by atoms with E-state index in [9.17, 15) is 0 Å². The zero-order valence-corrected chi connectivity index (χ0v) is 12.3. The van der Waals surface area contributed by atoms with E-state index in [1.807, 2.05) is 24.3 Å². The third-order valence-electron chi connectivity index (χ3n) is 2.95. The fraction of sp³-hybridized carbons (Fsp3) is 0.222. The van der Waals surface area contributed by atoms with E-state index in [0.717, 1.165) is 16.1 Å². The monoisotopic (exact) mass is 268 g/mol. The van der Waals surface area contributed by atoms with Gasteiger partial charge in [0, 0.05) is 16.1 Å². The maximum atomic E-state index is 5.84. The van der Waals surface area contributed by atoms with Crippen molar-refractivity contribution >= 4 is 11.6 Å². The molecule has 1 heteroatoms. The molecule has 0 atom stereocenters. The Balaban J connectivity index is 2.19. The summed E-state index contributed by atoms with van der Waals surface area (Å²) >= 11 is 5.84. The second kappa shape index (κ2) is 5.51. The van der Waals surface area contributed by atoms with Crippen LogP contribution in [0.25, 0.3) is 0 Å². The Labute approximate surface area is 120 Å². The number of benzene rings is 2. The van der Waals surface area contributed by atoms with E-state index in [1.54, 1.807) is 0 Å². The molecule has 0 radical (unpaired) electrons. The molecule has 2 aromatic carbocycles. The predicted octanol–water partition coefficient (Wildman–Crippen LogP) is 5.04. The summed E-state index contributed by atoms with van der Waals surface area (Å²) in [7, 11) is 0. The maximum Gasteiger partial charge on any atom is 0.0406 e. The minimum absolute atomic E-state index is 0.183. The average Bonchev–Trinajstić information content (AvgIpc) is 2.37. The minimum Gasteiger partial charge on any atom is -0.0843 e. The molecule has 0 aliphatic rings. The molecule has 0 saturated carbocycles. The lowest BCUT2D eigenvalue weighted by atomic mass is 9.87. The van der Waals surface area contributed by atoms with E-state index in [-0.39, 0.29) is 5.41 Å². The quantitative estimate of drug-likeness (QED) is 0.588. The topological polar surface area (TPSA) is 0 Å². The van der Waals surface area contributed by atoms with Crippen molar-refractivity contribution in [2.24, 2.45) is 0 Å². The molecule has 2 aromatic rings. The third-order valence-corrected chi connectivity index (χ3v) is 3.20. The molecule has 0 N–H and O–H groups in total. The largest absolute Gasteiger partial charge is 0.0843 e. The molecule has 0 nitrogen and oxygen atoms in total. The summed E-state index contributed by atoms with van der Waals surface area (Å²) in [6, 6.07) is 16.0. The van der Waals surface area contributed by atoms with Gasteiger partial charge in [0.15, 0.2) is 0 Å². The zero-order valence-electron chi connectivity index (χ0n) is 11.5. The van der Waals surface area contributed by atoms with Crippen molar-refractivity contribution < 1.29 is 0 Å². The van der Waals surface area contributed by atoms with Crippen molar-refractivity contribution in [2.45, 2.75) is 26.2 Å². The van der Waals surface area contributed by atoms with E-state index in [4.69, 9.17) is 11.6 Å². The molecule has 0 aliphatic heterocycles. The standard InChI is InChI=1S/C18H17Cl/c1-18(2,3)16-10-6-14(7-11-16)4-5-15-8-12-17(19)13-9-15/h6-13H,1-3H3. The fourth-order valence-electron chi connectivity index (χ4n) is 1.73. The van der Waals surface area contributed by atoms with Gasteiger partial charge in [-0.2, -0.15) is 0 Å². The molecule has 96 valence electrons. The van der Waals surface area contributed by atoms with Crippen molar-refractivity contribution in [1.82, 2.24) is 0 Å². The van der Waals surface area contributed by atoms with Crippen LogP contribution in [0, 0.1) is 11.8 Å². The minimum atomic E-state index is 0.183. The number of halogens is 1. The van der Waals surface area contributed by atoms with E-state index in [2.05, 4.69) is 56.9 Å². The molecular formula is C18H17Cl. The van der Waals surface area contributed by atoms with Gasteiger partial charge in [0.2, 0.25) is 0 Å². The Morgan fingerprint density at radius 1 is 0.737 bits per heavy atom. The van der Waals surface area contributed by atoms with Gasteiger partial charge in [-0.1, -0.05) is 56.3 Å². The highest BCUT2D eigenvalue weighted by Crippen LogP contribution is 2.21. The highest BCUT2D eigenvalue weighted by molar-refractivity contribution is 6.30. The molecule has 0 bridgehead atoms. The summed E-state index contributed by atoms with van der Waals surface area (Å²) in [4.78, 5) is 0. The molecule has 0 aliphatic carbocycles. The van der Waals surface area contributed by atoms with Crippen LogP contribution in [0.1, 0.15) is 37.5 Å². The molecule has 2 rings (SSSR count). The summed E-state index contributed by atoms with van der Waals surface area (Å²) in [6.07, 6.45) is 0. The van der Waals surface area contributed by atoms with Gasteiger partial charge in [0.1, 0.15) is 0 Å². The first-order chi connectivity index (χ1) is 8.95. The molecule has 0 heterocycles. The first-order valence-corrected chi connectivity index (χ1v) is 6.71. The molecule has 0 aromatic heterocycles. The van der Waals surface area contributed by atoms with Gasteiger partial charge >= 0.3 is 0 Å².